The molecule has 1 aromatic heterocycles. The Balaban J connectivity index is 1.43. The molecular weight excluding hydrogens is 450 g/mol. The number of carbonyl (C=O) groups is 2. The smallest absolute Gasteiger partial charge is 0.270 e. The van der Waals surface area contributed by atoms with E-state index < -0.39 is 0 Å². The largest absolute Gasteiger partial charge is 0.336 e. The van der Waals surface area contributed by atoms with E-state index in [1.807, 2.05) is 41.0 Å². The molecular formula is C27H24ClN3O3. The maximum Gasteiger partial charge on any atom is 0.270 e. The van der Waals surface area contributed by atoms with E-state index in [9.17, 15) is 14.4 Å². The quantitative estimate of drug-likeness (QED) is 0.584. The molecule has 2 bridgehead atoms. The van der Waals surface area contributed by atoms with Crippen LogP contribution in [0.1, 0.15) is 34.0 Å². The van der Waals surface area contributed by atoms with Crippen LogP contribution in [-0.4, -0.2) is 34.4 Å². The highest BCUT2D eigenvalue weighted by Crippen LogP contribution is 2.35. The van der Waals surface area contributed by atoms with Gasteiger partial charge in [0.15, 0.2) is 0 Å². The third kappa shape index (κ3) is 4.54. The van der Waals surface area contributed by atoms with Crippen molar-refractivity contribution in [1.29, 1.82) is 0 Å². The van der Waals surface area contributed by atoms with Gasteiger partial charge in [-0.05, 0) is 54.3 Å². The number of rotatable bonds is 4. The Hall–Kier alpha value is -3.64. The molecule has 3 aromatic rings. The maximum atomic E-state index is 13.7. The monoisotopic (exact) mass is 473 g/mol. The molecule has 7 heteroatoms. The van der Waals surface area contributed by atoms with Gasteiger partial charge in [-0.25, -0.2) is 0 Å². The fourth-order valence-corrected chi connectivity index (χ4v) is 5.02. The Kier molecular flexibility index (Phi) is 6.07. The molecule has 172 valence electrons. The lowest BCUT2D eigenvalue weighted by molar-refractivity contribution is -0.130. The van der Waals surface area contributed by atoms with Gasteiger partial charge in [0, 0.05) is 47.9 Å². The number of aromatic nitrogens is 1. The molecule has 1 N–H and O–H groups in total. The third-order valence-electron chi connectivity index (χ3n) is 6.46. The minimum absolute atomic E-state index is 0.00636. The SMILES string of the molecule is O=C(NC(=Cc1ccccc1)C(=O)N1CC2CC(C1)c1cccc(=O)n1C2)c1ccc(Cl)cc1. The normalized spacial score (nSPS) is 19.3. The highest BCUT2D eigenvalue weighted by atomic mass is 35.5. The number of piperidine rings is 1. The summed E-state index contributed by atoms with van der Waals surface area (Å²) in [6.45, 7) is 1.64. The van der Waals surface area contributed by atoms with Crippen molar-refractivity contribution in [3.63, 3.8) is 0 Å². The molecule has 3 heterocycles. The zero-order valence-electron chi connectivity index (χ0n) is 18.5. The summed E-state index contributed by atoms with van der Waals surface area (Å²) in [5.41, 5.74) is 2.43. The van der Waals surface area contributed by atoms with Crippen molar-refractivity contribution in [1.82, 2.24) is 14.8 Å². The molecule has 0 aliphatic carbocycles. The van der Waals surface area contributed by atoms with Gasteiger partial charge in [0.1, 0.15) is 5.70 Å². The lowest BCUT2D eigenvalue weighted by Gasteiger charge is -2.43. The first-order valence-corrected chi connectivity index (χ1v) is 11.7. The Labute approximate surface area is 202 Å². The molecule has 1 saturated heterocycles. The van der Waals surface area contributed by atoms with Crippen molar-refractivity contribution in [2.24, 2.45) is 5.92 Å². The molecule has 2 aromatic carbocycles. The second-order valence-electron chi connectivity index (χ2n) is 8.84. The number of pyridine rings is 1. The number of amides is 2. The van der Waals surface area contributed by atoms with Crippen LogP contribution < -0.4 is 10.9 Å². The topological polar surface area (TPSA) is 71.4 Å². The van der Waals surface area contributed by atoms with Gasteiger partial charge in [0.25, 0.3) is 17.4 Å². The summed E-state index contributed by atoms with van der Waals surface area (Å²) < 4.78 is 1.84. The van der Waals surface area contributed by atoms with Crippen LogP contribution in [0.5, 0.6) is 0 Å². The van der Waals surface area contributed by atoms with E-state index in [1.165, 1.54) is 0 Å². The van der Waals surface area contributed by atoms with E-state index in [4.69, 9.17) is 11.6 Å². The van der Waals surface area contributed by atoms with Crippen LogP contribution in [0.25, 0.3) is 6.08 Å². The lowest BCUT2D eigenvalue weighted by atomic mass is 9.83. The van der Waals surface area contributed by atoms with E-state index in [2.05, 4.69) is 5.32 Å². The Morgan fingerprint density at radius 3 is 2.44 bits per heavy atom. The van der Waals surface area contributed by atoms with Crippen LogP contribution in [0.15, 0.2) is 83.3 Å². The van der Waals surface area contributed by atoms with Crippen LogP contribution in [0.2, 0.25) is 5.02 Å². The van der Waals surface area contributed by atoms with Crippen molar-refractivity contribution < 1.29 is 9.59 Å². The maximum absolute atomic E-state index is 13.7. The van der Waals surface area contributed by atoms with Gasteiger partial charge in [0.2, 0.25) is 0 Å². The van der Waals surface area contributed by atoms with Crippen LogP contribution >= 0.6 is 11.6 Å². The van der Waals surface area contributed by atoms with Crippen molar-refractivity contribution in [2.75, 3.05) is 13.1 Å². The van der Waals surface area contributed by atoms with E-state index >= 15 is 0 Å². The fourth-order valence-electron chi connectivity index (χ4n) is 4.90. The molecule has 0 saturated carbocycles. The van der Waals surface area contributed by atoms with Gasteiger partial charge in [-0.2, -0.15) is 0 Å². The first kappa shape index (κ1) is 22.2. The number of benzene rings is 2. The third-order valence-corrected chi connectivity index (χ3v) is 6.71. The number of hydrogen-bond donors (Lipinski definition) is 1. The summed E-state index contributed by atoms with van der Waals surface area (Å²) in [5, 5.41) is 3.36. The average Bonchev–Trinajstić information content (AvgIpc) is 2.85. The molecule has 0 radical (unpaired) electrons. The highest BCUT2D eigenvalue weighted by molar-refractivity contribution is 6.30. The molecule has 2 aliphatic rings. The van der Waals surface area contributed by atoms with E-state index in [1.54, 1.807) is 47.4 Å². The molecule has 0 spiro atoms. The summed E-state index contributed by atoms with van der Waals surface area (Å²) >= 11 is 5.95. The van der Waals surface area contributed by atoms with E-state index in [0.29, 0.717) is 30.2 Å². The number of nitrogens with one attached hydrogen (secondary N) is 1. The molecule has 2 unspecified atom stereocenters. The zero-order chi connectivity index (χ0) is 23.7. The second kappa shape index (κ2) is 9.31. The number of likely N-dealkylation sites (tertiary alicyclic amines) is 1. The summed E-state index contributed by atoms with van der Waals surface area (Å²) in [4.78, 5) is 40.7. The number of carbonyl (C=O) groups excluding carboxylic acids is 2. The minimum atomic E-state index is -0.374. The summed E-state index contributed by atoms with van der Waals surface area (Å²) in [6, 6.07) is 21.3. The second-order valence-corrected chi connectivity index (χ2v) is 9.27. The fraction of sp³-hybridized carbons (Fsp3) is 0.222. The number of halogens is 1. The highest BCUT2D eigenvalue weighted by Gasteiger charge is 2.37. The number of fused-ring (bicyclic) bond motifs is 4. The van der Waals surface area contributed by atoms with Crippen molar-refractivity contribution in [3.05, 3.63) is 111 Å². The molecule has 1 fully saturated rings. The zero-order valence-corrected chi connectivity index (χ0v) is 19.2. The minimum Gasteiger partial charge on any atom is -0.336 e. The van der Waals surface area contributed by atoms with Crippen LogP contribution in [0.4, 0.5) is 0 Å². The van der Waals surface area contributed by atoms with Gasteiger partial charge < -0.3 is 14.8 Å². The molecule has 2 aliphatic heterocycles. The summed E-state index contributed by atoms with van der Waals surface area (Å²) in [6.07, 6.45) is 2.65. The molecule has 34 heavy (non-hydrogen) atoms. The van der Waals surface area contributed by atoms with Gasteiger partial charge in [0.05, 0.1) is 0 Å². The molecule has 6 nitrogen and oxygen atoms in total. The van der Waals surface area contributed by atoms with Crippen LogP contribution in [0, 0.1) is 5.92 Å². The Morgan fingerprint density at radius 2 is 1.68 bits per heavy atom. The molecule has 2 atom stereocenters. The summed E-state index contributed by atoms with van der Waals surface area (Å²) in [7, 11) is 0. The van der Waals surface area contributed by atoms with Gasteiger partial charge in [-0.15, -0.1) is 0 Å². The predicted octanol–water partition coefficient (Wildman–Crippen LogP) is 3.92. The first-order valence-electron chi connectivity index (χ1n) is 11.3. The number of nitrogens with zero attached hydrogens (tertiary/aromatic N) is 2. The number of hydrogen-bond acceptors (Lipinski definition) is 3. The predicted molar refractivity (Wildman–Crippen MR) is 131 cm³/mol. The van der Waals surface area contributed by atoms with Crippen molar-refractivity contribution in [3.8, 4) is 0 Å². The Morgan fingerprint density at radius 1 is 0.912 bits per heavy atom. The standard InChI is InChI=1S/C27H24ClN3O3/c28-22-11-9-20(10-12-22)26(33)29-23(14-18-5-2-1-3-6-18)27(34)30-15-19-13-21(17-30)24-7-4-8-25(32)31(24)16-19/h1-12,14,19,21H,13,15-17H2,(H,29,33). The van der Waals surface area contributed by atoms with E-state index in [-0.39, 0.29) is 34.9 Å². The van der Waals surface area contributed by atoms with Crippen LogP contribution in [0.3, 0.4) is 0 Å². The van der Waals surface area contributed by atoms with Crippen molar-refractivity contribution in [2.45, 2.75) is 18.9 Å². The molecule has 2 amide bonds. The van der Waals surface area contributed by atoms with Gasteiger partial charge >= 0.3 is 0 Å². The lowest BCUT2D eigenvalue weighted by Crippen LogP contribution is -2.50. The van der Waals surface area contributed by atoms with Crippen molar-refractivity contribution >= 4 is 29.5 Å². The van der Waals surface area contributed by atoms with Crippen LogP contribution in [-0.2, 0) is 11.3 Å². The first-order chi connectivity index (χ1) is 16.5. The summed E-state index contributed by atoms with van der Waals surface area (Å²) in [5.74, 6) is -0.315. The van der Waals surface area contributed by atoms with Gasteiger partial charge in [-0.3, -0.25) is 14.4 Å². The van der Waals surface area contributed by atoms with Gasteiger partial charge in [-0.1, -0.05) is 48.0 Å². The molecule has 5 rings (SSSR count). The van der Waals surface area contributed by atoms with E-state index in [0.717, 1.165) is 17.7 Å². The average molecular weight is 474 g/mol. The Bertz CT molecular complexity index is 1310.